The number of rotatable bonds is 7. The first-order valence-electron chi connectivity index (χ1n) is 14.4. The van der Waals surface area contributed by atoms with Gasteiger partial charge in [-0.25, -0.2) is 14.8 Å². The Morgan fingerprint density at radius 1 is 1.16 bits per heavy atom. The van der Waals surface area contributed by atoms with E-state index in [1.807, 2.05) is 6.92 Å². The highest BCUT2D eigenvalue weighted by atomic mass is 35.5. The van der Waals surface area contributed by atoms with Gasteiger partial charge in [-0.1, -0.05) is 11.6 Å². The van der Waals surface area contributed by atoms with Gasteiger partial charge >= 0.3 is 5.97 Å². The van der Waals surface area contributed by atoms with Crippen molar-refractivity contribution in [1.29, 1.82) is 5.26 Å². The number of halogens is 1. The summed E-state index contributed by atoms with van der Waals surface area (Å²) in [5.41, 5.74) is 3.18. The number of ether oxygens (including phenoxy) is 1. The van der Waals surface area contributed by atoms with E-state index < -0.39 is 5.97 Å². The highest BCUT2D eigenvalue weighted by molar-refractivity contribution is 7.18. The van der Waals surface area contributed by atoms with Crippen LogP contribution in [0.1, 0.15) is 27.4 Å². The first-order valence-corrected chi connectivity index (χ1v) is 15.6. The number of aromatic carboxylic acids is 1. The average molecular weight is 642 g/mol. The van der Waals surface area contributed by atoms with Crippen LogP contribution < -0.4 is 15.2 Å². The van der Waals surface area contributed by atoms with Crippen molar-refractivity contribution in [2.45, 2.75) is 20.4 Å². The molecule has 4 aromatic heterocycles. The van der Waals surface area contributed by atoms with Gasteiger partial charge in [0.1, 0.15) is 41.1 Å². The molecular weight excluding hydrogens is 614 g/mol. The minimum atomic E-state index is -1.05. The molecule has 2 fully saturated rings. The van der Waals surface area contributed by atoms with Crippen LogP contribution in [0, 0.1) is 30.6 Å². The minimum Gasteiger partial charge on any atom is -0.491 e. The van der Waals surface area contributed by atoms with Crippen LogP contribution in [0.25, 0.3) is 32.2 Å². The van der Waals surface area contributed by atoms with Gasteiger partial charge in [-0.3, -0.25) is 14.3 Å². The number of pyridine rings is 2. The Hall–Kier alpha value is -4.57. The Bertz CT molecular complexity index is 2140. The molecule has 1 N–H and O–H groups in total. The molecule has 0 radical (unpaired) electrons. The number of carbonyl (C=O) groups is 1. The van der Waals surface area contributed by atoms with Crippen LogP contribution in [0.15, 0.2) is 40.6 Å². The Morgan fingerprint density at radius 2 is 1.93 bits per heavy atom. The van der Waals surface area contributed by atoms with E-state index in [4.69, 9.17) is 26.3 Å². The number of aromatic nitrogens is 4. The zero-order valence-electron chi connectivity index (χ0n) is 24.8. The van der Waals surface area contributed by atoms with E-state index in [9.17, 15) is 20.0 Å². The molecule has 0 atom stereocenters. The number of thiophene rings is 1. The monoisotopic (exact) mass is 641 g/mol. The van der Waals surface area contributed by atoms with Gasteiger partial charge in [0.15, 0.2) is 0 Å². The van der Waals surface area contributed by atoms with Gasteiger partial charge in [-0.2, -0.15) is 5.26 Å². The zero-order valence-corrected chi connectivity index (χ0v) is 26.4. The Labute approximate surface area is 266 Å². The van der Waals surface area contributed by atoms with E-state index in [-0.39, 0.29) is 40.6 Å². The molecule has 2 saturated heterocycles. The normalized spacial score (nSPS) is 15.7. The number of nitrogens with zero attached hydrogens (tertiary/aromatic N) is 7. The number of hydrogen-bond acceptors (Lipinski definition) is 10. The van der Waals surface area contributed by atoms with E-state index in [1.165, 1.54) is 15.9 Å². The van der Waals surface area contributed by atoms with E-state index in [1.54, 1.807) is 42.8 Å². The molecule has 11 nitrogen and oxygen atoms in total. The molecule has 0 aliphatic carbocycles. The predicted octanol–water partition coefficient (Wildman–Crippen LogP) is 4.74. The molecule has 0 bridgehead atoms. The summed E-state index contributed by atoms with van der Waals surface area (Å²) in [5, 5.41) is 22.1. The SMILES string of the molecule is Cc1nc(N2CC3(CN(C)C3)C2)c(C#N)c2c(=O)n(CCOc3ccc(Cl)cc3-c3ccnc4c(C(=O)O)csc34)c(C)nc12. The molecule has 0 saturated carbocycles. The lowest BCUT2D eigenvalue weighted by Gasteiger charge is -2.60. The third kappa shape index (κ3) is 4.79. The fourth-order valence-corrected chi connectivity index (χ4v) is 7.92. The molecule has 13 heteroatoms. The van der Waals surface area contributed by atoms with Crippen LogP contribution in [0.5, 0.6) is 5.75 Å². The number of likely N-dealkylation sites (tertiary alicyclic amines) is 1. The minimum absolute atomic E-state index is 0.128. The van der Waals surface area contributed by atoms with Gasteiger partial charge in [0.05, 0.1) is 33.4 Å². The largest absolute Gasteiger partial charge is 0.491 e. The number of fused-ring (bicyclic) bond motifs is 2. The molecule has 2 aliphatic heterocycles. The molecule has 45 heavy (non-hydrogen) atoms. The topological polar surface area (TPSA) is 137 Å². The van der Waals surface area contributed by atoms with Crippen molar-refractivity contribution in [2.24, 2.45) is 5.41 Å². The quantitative estimate of drug-likeness (QED) is 0.265. The highest BCUT2D eigenvalue weighted by Crippen LogP contribution is 2.42. The molecule has 0 unspecified atom stereocenters. The van der Waals surface area contributed by atoms with E-state index in [0.29, 0.717) is 49.4 Å². The van der Waals surface area contributed by atoms with Crippen LogP contribution in [-0.4, -0.2) is 75.3 Å². The maximum atomic E-state index is 14.0. The lowest BCUT2D eigenvalue weighted by atomic mass is 9.73. The van der Waals surface area contributed by atoms with Crippen molar-refractivity contribution >= 4 is 55.8 Å². The molecule has 228 valence electrons. The van der Waals surface area contributed by atoms with E-state index in [2.05, 4.69) is 27.9 Å². The van der Waals surface area contributed by atoms with Crippen LogP contribution in [0.2, 0.25) is 5.02 Å². The summed E-state index contributed by atoms with van der Waals surface area (Å²) in [6, 6.07) is 9.28. The molecule has 0 amide bonds. The lowest BCUT2D eigenvalue weighted by Crippen LogP contribution is -2.71. The van der Waals surface area contributed by atoms with Gasteiger partial charge in [-0.15, -0.1) is 11.3 Å². The van der Waals surface area contributed by atoms with Crippen molar-refractivity contribution in [3.63, 3.8) is 0 Å². The fraction of sp³-hybridized carbons (Fsp3) is 0.312. The maximum Gasteiger partial charge on any atom is 0.338 e. The lowest BCUT2D eigenvalue weighted by molar-refractivity contribution is -0.00282. The first kappa shape index (κ1) is 29.2. The summed E-state index contributed by atoms with van der Waals surface area (Å²) in [6.45, 7) is 7.54. The Balaban J connectivity index is 1.20. The van der Waals surface area contributed by atoms with Crippen LogP contribution >= 0.6 is 22.9 Å². The number of anilines is 1. The molecule has 1 aromatic carbocycles. The first-order chi connectivity index (χ1) is 21.6. The number of carboxylic acids is 1. The van der Waals surface area contributed by atoms with Crippen molar-refractivity contribution in [3.05, 3.63) is 73.9 Å². The van der Waals surface area contributed by atoms with Crippen LogP contribution in [-0.2, 0) is 6.54 Å². The molecular formula is C32H28ClN7O4S. The van der Waals surface area contributed by atoms with E-state index >= 15 is 0 Å². The average Bonchev–Trinajstić information content (AvgIpc) is 3.42. The van der Waals surface area contributed by atoms with Gasteiger partial charge < -0.3 is 19.6 Å². The second-order valence-corrected chi connectivity index (χ2v) is 13.2. The van der Waals surface area contributed by atoms with Crippen molar-refractivity contribution in [1.82, 2.24) is 24.4 Å². The summed E-state index contributed by atoms with van der Waals surface area (Å²) in [7, 11) is 2.10. The van der Waals surface area contributed by atoms with Crippen molar-refractivity contribution in [2.75, 3.05) is 44.7 Å². The summed E-state index contributed by atoms with van der Waals surface area (Å²) >= 11 is 7.66. The fourth-order valence-electron chi connectivity index (χ4n) is 6.72. The third-order valence-corrected chi connectivity index (χ3v) is 9.85. The zero-order chi connectivity index (χ0) is 31.6. The van der Waals surface area contributed by atoms with Gasteiger partial charge in [0.2, 0.25) is 0 Å². The second kappa shape index (κ2) is 10.8. The summed E-state index contributed by atoms with van der Waals surface area (Å²) in [6.07, 6.45) is 1.56. The number of nitriles is 1. The number of carboxylic acid groups (broad SMARTS) is 1. The highest BCUT2D eigenvalue weighted by Gasteiger charge is 2.51. The summed E-state index contributed by atoms with van der Waals surface area (Å²) < 4.78 is 8.46. The maximum absolute atomic E-state index is 14.0. The van der Waals surface area contributed by atoms with Gasteiger partial charge in [0.25, 0.3) is 5.56 Å². The number of benzene rings is 1. The van der Waals surface area contributed by atoms with Crippen molar-refractivity contribution < 1.29 is 14.6 Å². The number of hydrogen-bond donors (Lipinski definition) is 1. The molecule has 1 spiro atoms. The molecule has 2 aliphatic rings. The molecule has 6 heterocycles. The molecule has 5 aromatic rings. The third-order valence-electron chi connectivity index (χ3n) is 8.61. The second-order valence-electron chi connectivity index (χ2n) is 11.9. The van der Waals surface area contributed by atoms with Gasteiger partial charge in [0, 0.05) is 59.3 Å². The Morgan fingerprint density at radius 3 is 2.64 bits per heavy atom. The summed E-state index contributed by atoms with van der Waals surface area (Å²) in [5.74, 6) is 0.508. The predicted molar refractivity (Wildman–Crippen MR) is 173 cm³/mol. The smallest absolute Gasteiger partial charge is 0.338 e. The Kier molecular flexibility index (Phi) is 7.00. The van der Waals surface area contributed by atoms with Gasteiger partial charge in [-0.05, 0) is 45.2 Å². The van der Waals surface area contributed by atoms with Crippen LogP contribution in [0.3, 0.4) is 0 Å². The summed E-state index contributed by atoms with van der Waals surface area (Å²) in [4.78, 5) is 43.8. The van der Waals surface area contributed by atoms with E-state index in [0.717, 1.165) is 31.7 Å². The standard InChI is InChI=1S/C32H28ClN7O4S/c1-17-26-25(22(11-34)29(36-17)39-15-32(16-39)13-38(3)14-32)30(41)40(18(2)37-26)8-9-44-24-5-4-19(33)10-21(24)20-6-7-35-27-23(31(42)43)12-45-28(20)27/h4-7,10,12H,8-9,13-16H2,1-3H3,(H,42,43). The van der Waals surface area contributed by atoms with Crippen molar-refractivity contribution in [3.8, 4) is 22.9 Å². The molecule has 7 rings (SSSR count). The number of aryl methyl sites for hydroxylation is 2. The van der Waals surface area contributed by atoms with Crippen LogP contribution in [0.4, 0.5) is 5.82 Å².